The predicted octanol–water partition coefficient (Wildman–Crippen LogP) is 2.84. The molecule has 2 atom stereocenters. The van der Waals surface area contributed by atoms with Crippen LogP contribution in [-0.2, 0) is 22.7 Å². The number of amides is 1. The van der Waals surface area contributed by atoms with E-state index in [1.807, 2.05) is 6.92 Å². The molecule has 2 aromatic rings. The quantitative estimate of drug-likeness (QED) is 0.804. The van der Waals surface area contributed by atoms with Crippen LogP contribution >= 0.6 is 11.3 Å². The van der Waals surface area contributed by atoms with Crippen LogP contribution in [0.4, 0.5) is 9.52 Å². The minimum absolute atomic E-state index is 0.174. The number of aryl methyl sites for hydroxylation is 1. The topological polar surface area (TPSA) is 83.1 Å². The fourth-order valence-electron chi connectivity index (χ4n) is 3.12. The Balaban J connectivity index is 1.51. The van der Waals surface area contributed by atoms with Crippen molar-refractivity contribution in [2.75, 3.05) is 11.9 Å². The fourth-order valence-corrected chi connectivity index (χ4v) is 4.03. The molecule has 1 saturated heterocycles. The molecule has 0 spiro atoms. The van der Waals surface area contributed by atoms with E-state index in [9.17, 15) is 9.18 Å². The Morgan fingerprint density at radius 2 is 2.38 bits per heavy atom. The van der Waals surface area contributed by atoms with Gasteiger partial charge in [-0.15, -0.1) is 0 Å². The van der Waals surface area contributed by atoms with Crippen LogP contribution in [0.1, 0.15) is 43.1 Å². The smallest absolute Gasteiger partial charge is 0.230 e. The van der Waals surface area contributed by atoms with E-state index in [0.717, 1.165) is 30.9 Å². The van der Waals surface area contributed by atoms with Gasteiger partial charge in [-0.1, -0.05) is 11.3 Å². The number of anilines is 1. The van der Waals surface area contributed by atoms with Crippen molar-refractivity contribution in [3.05, 3.63) is 28.5 Å². The van der Waals surface area contributed by atoms with E-state index >= 15 is 0 Å². The monoisotopic (exact) mass is 381 g/mol. The van der Waals surface area contributed by atoms with Gasteiger partial charge in [0.25, 0.3) is 0 Å². The van der Waals surface area contributed by atoms with Crippen molar-refractivity contribution < 1.29 is 13.9 Å². The number of imidazole rings is 1. The Labute approximate surface area is 156 Å². The van der Waals surface area contributed by atoms with Gasteiger partial charge < -0.3 is 15.0 Å². The van der Waals surface area contributed by atoms with Gasteiger partial charge in [-0.3, -0.25) is 9.69 Å². The average Bonchev–Trinajstić information content (AvgIpc) is 3.13. The second-order valence-electron chi connectivity index (χ2n) is 6.70. The number of likely N-dealkylation sites (tertiary alicyclic amines) is 1. The van der Waals surface area contributed by atoms with Crippen LogP contribution in [0.2, 0.25) is 0 Å². The van der Waals surface area contributed by atoms with Gasteiger partial charge >= 0.3 is 0 Å². The van der Waals surface area contributed by atoms with Crippen molar-refractivity contribution >= 4 is 22.4 Å². The molecule has 142 valence electrons. The van der Waals surface area contributed by atoms with Crippen LogP contribution in [0.15, 0.2) is 6.20 Å². The van der Waals surface area contributed by atoms with Gasteiger partial charge in [-0.05, 0) is 26.7 Å². The first-order valence-corrected chi connectivity index (χ1v) is 9.51. The zero-order valence-corrected chi connectivity index (χ0v) is 16.0. The minimum atomic E-state index is -0.502. The van der Waals surface area contributed by atoms with Gasteiger partial charge in [-0.2, -0.15) is 9.37 Å². The summed E-state index contributed by atoms with van der Waals surface area (Å²) < 4.78 is 20.0. The van der Waals surface area contributed by atoms with E-state index in [2.05, 4.69) is 32.1 Å². The molecule has 3 heterocycles. The third kappa shape index (κ3) is 4.87. The van der Waals surface area contributed by atoms with Crippen LogP contribution in [0.25, 0.3) is 0 Å². The molecule has 0 bridgehead atoms. The Hall–Kier alpha value is -1.84. The Morgan fingerprint density at radius 1 is 1.58 bits per heavy atom. The number of piperidine rings is 1. The number of ether oxygens (including phenoxy) is 1. The summed E-state index contributed by atoms with van der Waals surface area (Å²) in [4.78, 5) is 25.1. The van der Waals surface area contributed by atoms with Gasteiger partial charge in [0.15, 0.2) is 5.13 Å². The lowest BCUT2D eigenvalue weighted by Crippen LogP contribution is -2.42. The maximum absolute atomic E-state index is 14.0. The molecule has 1 aliphatic heterocycles. The molecule has 1 amide bonds. The zero-order chi connectivity index (χ0) is 18.7. The first-order valence-electron chi connectivity index (χ1n) is 8.69. The molecule has 0 unspecified atom stereocenters. The van der Waals surface area contributed by atoms with Crippen molar-refractivity contribution in [1.82, 2.24) is 19.9 Å². The lowest BCUT2D eigenvalue weighted by molar-refractivity contribution is -0.114. The molecule has 0 aliphatic carbocycles. The number of aromatic nitrogens is 3. The number of thiazole rings is 1. The molecule has 7 nitrogen and oxygen atoms in total. The molecule has 1 aliphatic rings. The number of hydrogen-bond acceptors (Lipinski definition) is 6. The third-order valence-corrected chi connectivity index (χ3v) is 5.39. The minimum Gasteiger partial charge on any atom is -0.370 e. The third-order valence-electron chi connectivity index (χ3n) is 4.46. The van der Waals surface area contributed by atoms with Gasteiger partial charge in [0.05, 0.1) is 11.0 Å². The van der Waals surface area contributed by atoms with Crippen LogP contribution in [0, 0.1) is 12.9 Å². The summed E-state index contributed by atoms with van der Waals surface area (Å²) in [5, 5.41) is 2.85. The molecule has 2 aromatic heterocycles. The second kappa shape index (κ2) is 8.24. The van der Waals surface area contributed by atoms with E-state index in [1.165, 1.54) is 18.3 Å². The van der Waals surface area contributed by atoms with Gasteiger partial charge in [0, 0.05) is 37.9 Å². The highest BCUT2D eigenvalue weighted by Gasteiger charge is 2.27. The first-order chi connectivity index (χ1) is 12.4. The summed E-state index contributed by atoms with van der Waals surface area (Å²) >= 11 is 1.19. The van der Waals surface area contributed by atoms with E-state index in [4.69, 9.17) is 4.74 Å². The zero-order valence-electron chi connectivity index (χ0n) is 15.2. The molecule has 0 aromatic carbocycles. The predicted molar refractivity (Wildman–Crippen MR) is 97.4 cm³/mol. The molecule has 26 heavy (non-hydrogen) atoms. The van der Waals surface area contributed by atoms with Crippen LogP contribution < -0.4 is 5.32 Å². The summed E-state index contributed by atoms with van der Waals surface area (Å²) in [5.74, 6) is 0.0932. The van der Waals surface area contributed by atoms with Crippen LogP contribution in [0.3, 0.4) is 0 Å². The number of rotatable bonds is 6. The summed E-state index contributed by atoms with van der Waals surface area (Å²) in [6.07, 6.45) is 3.75. The van der Waals surface area contributed by atoms with Crippen molar-refractivity contribution in [1.29, 1.82) is 0 Å². The van der Waals surface area contributed by atoms with E-state index in [1.54, 1.807) is 6.20 Å². The molecule has 0 radical (unpaired) electrons. The molecule has 3 rings (SSSR count). The highest BCUT2D eigenvalue weighted by molar-refractivity contribution is 7.15. The summed E-state index contributed by atoms with van der Waals surface area (Å²) in [6, 6.07) is 0.276. The normalized spacial score (nSPS) is 21.1. The molecule has 0 saturated carbocycles. The van der Waals surface area contributed by atoms with Crippen molar-refractivity contribution in [2.45, 2.75) is 58.9 Å². The number of halogens is 1. The summed E-state index contributed by atoms with van der Waals surface area (Å²) in [6.45, 7) is 7.28. The maximum Gasteiger partial charge on any atom is 0.230 e. The molecule has 9 heteroatoms. The molecular weight excluding hydrogens is 357 g/mol. The SMILES string of the molecule is CC(=O)Nc1nc(F)c(CN2CC[C@H](OCc3ncc(C)[nH]3)C[C@@H]2C)s1. The fraction of sp³-hybridized carbons (Fsp3) is 0.588. The largest absolute Gasteiger partial charge is 0.370 e. The Bertz CT molecular complexity index is 762. The Kier molecular flexibility index (Phi) is 6.00. The van der Waals surface area contributed by atoms with Crippen LogP contribution in [0.5, 0.6) is 0 Å². The highest BCUT2D eigenvalue weighted by Crippen LogP contribution is 2.27. The molecular formula is C17H24FN5O2S. The molecule has 1 fully saturated rings. The number of carbonyl (C=O) groups excluding carboxylic acids is 1. The second-order valence-corrected chi connectivity index (χ2v) is 7.79. The van der Waals surface area contributed by atoms with Crippen molar-refractivity contribution in [3.8, 4) is 0 Å². The number of carbonyl (C=O) groups is 1. The Morgan fingerprint density at radius 3 is 3.04 bits per heavy atom. The van der Waals surface area contributed by atoms with Crippen molar-refractivity contribution in [3.63, 3.8) is 0 Å². The summed E-state index contributed by atoms with van der Waals surface area (Å²) in [5.41, 5.74) is 1.03. The van der Waals surface area contributed by atoms with Gasteiger partial charge in [0.1, 0.15) is 12.4 Å². The lowest BCUT2D eigenvalue weighted by Gasteiger charge is -2.37. The number of nitrogens with one attached hydrogen (secondary N) is 2. The van der Waals surface area contributed by atoms with Gasteiger partial charge in [-0.25, -0.2) is 4.98 Å². The first kappa shape index (κ1) is 18.9. The summed E-state index contributed by atoms with van der Waals surface area (Å²) in [7, 11) is 0. The van der Waals surface area contributed by atoms with Gasteiger partial charge in [0.2, 0.25) is 11.9 Å². The number of nitrogens with zero attached hydrogens (tertiary/aromatic N) is 3. The lowest BCUT2D eigenvalue weighted by atomic mass is 10.0. The number of aromatic amines is 1. The van der Waals surface area contributed by atoms with E-state index in [-0.39, 0.29) is 18.1 Å². The van der Waals surface area contributed by atoms with Crippen LogP contribution in [-0.4, -0.2) is 44.4 Å². The van der Waals surface area contributed by atoms with E-state index < -0.39 is 5.95 Å². The maximum atomic E-state index is 14.0. The molecule has 2 N–H and O–H groups in total. The van der Waals surface area contributed by atoms with E-state index in [0.29, 0.717) is 23.2 Å². The number of H-pyrrole nitrogens is 1. The average molecular weight is 381 g/mol. The standard InChI is InChI=1S/C17H24FN5O2S/c1-10-7-19-15(20-10)9-25-13-4-5-23(11(2)6-13)8-14-16(18)22-17(26-14)21-12(3)24/h7,11,13H,4-6,8-9H2,1-3H3,(H,19,20)(H,21,22,24)/t11-,13-/m0/s1. The highest BCUT2D eigenvalue weighted by atomic mass is 32.1. The number of hydrogen-bond donors (Lipinski definition) is 2. The van der Waals surface area contributed by atoms with Crippen molar-refractivity contribution in [2.24, 2.45) is 0 Å².